The lowest BCUT2D eigenvalue weighted by Gasteiger charge is -2.40. The fourth-order valence-electron chi connectivity index (χ4n) is 8.70. The molecule has 5 aromatic rings. The lowest BCUT2D eigenvalue weighted by molar-refractivity contribution is 0.420. The molecule has 1 nitrogen and oxygen atoms in total. The van der Waals surface area contributed by atoms with Crippen LogP contribution in [0.3, 0.4) is 0 Å². The van der Waals surface area contributed by atoms with Gasteiger partial charge < -0.3 is 4.74 Å². The smallest absolute Gasteiger partial charge is 0.140 e. The van der Waals surface area contributed by atoms with Gasteiger partial charge in [0, 0.05) is 21.7 Å². The fourth-order valence-corrected chi connectivity index (χ4v) is 8.91. The van der Waals surface area contributed by atoms with E-state index in [1.54, 1.807) is 0 Å². The molecule has 0 N–H and O–H groups in total. The van der Waals surface area contributed by atoms with Crippen LogP contribution < -0.4 is 4.74 Å². The first-order valence-electron chi connectivity index (χ1n) is 14.6. The maximum absolute atomic E-state index is 7.00. The highest BCUT2D eigenvalue weighted by molar-refractivity contribution is 6.31. The monoisotopic (exact) mass is 536 g/mol. The Hall–Kier alpha value is -3.81. The third-order valence-electron chi connectivity index (χ3n) is 10.3. The maximum atomic E-state index is 7.00. The van der Waals surface area contributed by atoms with Crippen molar-refractivity contribution in [3.63, 3.8) is 0 Å². The van der Waals surface area contributed by atoms with Gasteiger partial charge in [0.25, 0.3) is 0 Å². The average molecular weight is 537 g/mol. The molecule has 2 bridgehead atoms. The molecule has 3 atom stereocenters. The lowest BCUT2D eigenvalue weighted by Crippen LogP contribution is -2.32. The Bertz CT molecular complexity index is 1770. The zero-order chi connectivity index (χ0) is 26.4. The van der Waals surface area contributed by atoms with Crippen LogP contribution in [0.5, 0.6) is 11.5 Å². The Labute approximate surface area is 240 Å². The maximum Gasteiger partial charge on any atom is 0.140 e. The van der Waals surface area contributed by atoms with E-state index in [0.29, 0.717) is 0 Å². The number of fused-ring (bicyclic) bond motifs is 11. The summed E-state index contributed by atoms with van der Waals surface area (Å²) in [4.78, 5) is 0. The molecule has 2 fully saturated rings. The molecule has 0 saturated heterocycles. The minimum atomic E-state index is -0.500. The molecular formula is C38H29ClO. The molecule has 1 heterocycles. The molecular weight excluding hydrogens is 508 g/mol. The van der Waals surface area contributed by atoms with E-state index >= 15 is 0 Å². The molecule has 0 radical (unpaired) electrons. The highest BCUT2D eigenvalue weighted by Crippen LogP contribution is 2.63. The van der Waals surface area contributed by atoms with E-state index in [1.807, 2.05) is 0 Å². The molecule has 3 unspecified atom stereocenters. The molecule has 1 spiro atoms. The minimum Gasteiger partial charge on any atom is -0.456 e. The predicted molar refractivity (Wildman–Crippen MR) is 162 cm³/mol. The molecule has 4 aliphatic rings. The lowest BCUT2D eigenvalue weighted by atomic mass is 9.65. The molecule has 3 aliphatic carbocycles. The van der Waals surface area contributed by atoms with Crippen molar-refractivity contribution in [2.75, 3.05) is 0 Å². The summed E-state index contributed by atoms with van der Waals surface area (Å²) in [5.41, 5.74) is 10.6. The van der Waals surface area contributed by atoms with E-state index in [1.165, 1.54) is 59.1 Å². The van der Waals surface area contributed by atoms with Crippen LogP contribution >= 0.6 is 11.6 Å². The van der Waals surface area contributed by atoms with Crippen molar-refractivity contribution < 1.29 is 4.74 Å². The SMILES string of the molecule is Clc1cc(-c2ccc(C3CC4CCC3C4)cc2)c2c(c1)C1(c3ccccc3O2)c2ccccc2-c2ccccc21. The van der Waals surface area contributed by atoms with Crippen LogP contribution in [-0.4, -0.2) is 0 Å². The highest BCUT2D eigenvalue weighted by Gasteiger charge is 2.51. The van der Waals surface area contributed by atoms with Crippen LogP contribution in [0.2, 0.25) is 5.02 Å². The van der Waals surface area contributed by atoms with E-state index < -0.39 is 5.41 Å². The average Bonchev–Trinajstić information content (AvgIpc) is 3.71. The van der Waals surface area contributed by atoms with Gasteiger partial charge >= 0.3 is 0 Å². The Balaban J connectivity index is 1.28. The van der Waals surface area contributed by atoms with Gasteiger partial charge in [-0.15, -0.1) is 0 Å². The van der Waals surface area contributed by atoms with Gasteiger partial charge in [-0.2, -0.15) is 0 Å². The van der Waals surface area contributed by atoms with Crippen LogP contribution in [0.1, 0.15) is 59.4 Å². The third kappa shape index (κ3) is 2.99. The van der Waals surface area contributed by atoms with Gasteiger partial charge in [-0.1, -0.05) is 109 Å². The molecule has 9 rings (SSSR count). The highest BCUT2D eigenvalue weighted by atomic mass is 35.5. The van der Waals surface area contributed by atoms with E-state index in [2.05, 4.69) is 109 Å². The zero-order valence-electron chi connectivity index (χ0n) is 22.2. The molecule has 2 saturated carbocycles. The van der Waals surface area contributed by atoms with E-state index in [0.717, 1.165) is 51.0 Å². The minimum absolute atomic E-state index is 0.500. The Kier molecular flexibility index (Phi) is 4.79. The first-order valence-corrected chi connectivity index (χ1v) is 15.0. The van der Waals surface area contributed by atoms with Crippen molar-refractivity contribution in [1.82, 2.24) is 0 Å². The molecule has 194 valence electrons. The van der Waals surface area contributed by atoms with Crippen molar-refractivity contribution in [2.24, 2.45) is 11.8 Å². The van der Waals surface area contributed by atoms with Gasteiger partial charge in [0.15, 0.2) is 0 Å². The molecule has 5 aromatic carbocycles. The number of para-hydroxylation sites is 1. The summed E-state index contributed by atoms with van der Waals surface area (Å²) < 4.78 is 6.85. The number of ether oxygens (including phenoxy) is 1. The van der Waals surface area contributed by atoms with Gasteiger partial charge in [0.2, 0.25) is 0 Å². The van der Waals surface area contributed by atoms with Crippen molar-refractivity contribution in [2.45, 2.75) is 37.0 Å². The van der Waals surface area contributed by atoms with Crippen LogP contribution in [-0.2, 0) is 5.41 Å². The van der Waals surface area contributed by atoms with Gasteiger partial charge in [0.1, 0.15) is 11.5 Å². The summed E-state index contributed by atoms with van der Waals surface area (Å²) in [5.74, 6) is 4.35. The van der Waals surface area contributed by atoms with E-state index in [4.69, 9.17) is 16.3 Å². The van der Waals surface area contributed by atoms with Gasteiger partial charge in [-0.25, -0.2) is 0 Å². The van der Waals surface area contributed by atoms with Crippen LogP contribution in [0.25, 0.3) is 22.3 Å². The van der Waals surface area contributed by atoms with Gasteiger partial charge in [-0.3, -0.25) is 0 Å². The molecule has 40 heavy (non-hydrogen) atoms. The Morgan fingerprint density at radius 2 is 1.30 bits per heavy atom. The first kappa shape index (κ1) is 22.9. The Morgan fingerprint density at radius 1 is 0.625 bits per heavy atom. The standard InChI is InChI=1S/C38H29ClO/c39-27-21-31(25-17-15-24(16-18-25)30-20-23-13-14-26(30)19-23)37-35(22-27)38(34-11-5-6-12-36(34)40-37)32-9-3-1-7-28(32)29-8-2-4-10-33(29)38/h1-12,15-18,21-23,26,30H,13-14,19-20H2. The zero-order valence-corrected chi connectivity index (χ0v) is 23.0. The summed E-state index contributed by atoms with van der Waals surface area (Å²) in [7, 11) is 0. The summed E-state index contributed by atoms with van der Waals surface area (Å²) in [6.07, 6.45) is 5.61. The second-order valence-electron chi connectivity index (χ2n) is 12.2. The quantitative estimate of drug-likeness (QED) is 0.213. The number of hydrogen-bond acceptors (Lipinski definition) is 1. The van der Waals surface area contributed by atoms with Crippen LogP contribution in [0.4, 0.5) is 0 Å². The number of halogens is 1. The summed E-state index contributed by atoms with van der Waals surface area (Å²) in [6.45, 7) is 0. The van der Waals surface area contributed by atoms with Crippen molar-refractivity contribution in [1.29, 1.82) is 0 Å². The second kappa shape index (κ2) is 8.35. The second-order valence-corrected chi connectivity index (χ2v) is 12.6. The molecule has 0 aromatic heterocycles. The van der Waals surface area contributed by atoms with Crippen molar-refractivity contribution in [3.8, 4) is 33.8 Å². The van der Waals surface area contributed by atoms with Gasteiger partial charge in [-0.05, 0) is 88.6 Å². The topological polar surface area (TPSA) is 9.23 Å². The normalized spacial score (nSPS) is 22.4. The molecule has 2 heteroatoms. The first-order chi connectivity index (χ1) is 19.7. The number of hydrogen-bond donors (Lipinski definition) is 0. The largest absolute Gasteiger partial charge is 0.456 e. The van der Waals surface area contributed by atoms with Gasteiger partial charge in [0.05, 0.1) is 5.41 Å². The third-order valence-corrected chi connectivity index (χ3v) is 10.5. The fraction of sp³-hybridized carbons (Fsp3) is 0.211. The van der Waals surface area contributed by atoms with Crippen molar-refractivity contribution in [3.05, 3.63) is 142 Å². The van der Waals surface area contributed by atoms with E-state index in [-0.39, 0.29) is 0 Å². The summed E-state index contributed by atoms with van der Waals surface area (Å²) in [5, 5.41) is 0.732. The number of benzene rings is 5. The summed E-state index contributed by atoms with van der Waals surface area (Å²) in [6, 6.07) is 39.7. The Morgan fingerprint density at radius 3 is 1.98 bits per heavy atom. The number of rotatable bonds is 2. The van der Waals surface area contributed by atoms with Crippen LogP contribution in [0, 0.1) is 11.8 Å². The predicted octanol–water partition coefficient (Wildman–Crippen LogP) is 10.4. The molecule has 0 amide bonds. The summed E-state index contributed by atoms with van der Waals surface area (Å²) >= 11 is 7.00. The van der Waals surface area contributed by atoms with Crippen molar-refractivity contribution >= 4 is 11.6 Å². The van der Waals surface area contributed by atoms with E-state index in [9.17, 15) is 0 Å². The van der Waals surface area contributed by atoms with Crippen LogP contribution in [0.15, 0.2) is 109 Å². The molecule has 1 aliphatic heterocycles.